The largest absolute Gasteiger partial charge is 0.573 e. The molecular formula is C23H29F3N2O3. The molecule has 0 spiro atoms. The molecule has 1 unspecified atom stereocenters. The fourth-order valence-corrected chi connectivity index (χ4v) is 6.48. The molecule has 1 aliphatic heterocycles. The molecule has 1 amide bonds. The van der Waals surface area contributed by atoms with Gasteiger partial charge in [-0.25, -0.2) is 0 Å². The highest BCUT2D eigenvalue weighted by Crippen LogP contribution is 2.53. The van der Waals surface area contributed by atoms with E-state index < -0.39 is 12.5 Å². The number of hydrogen-bond donors (Lipinski definition) is 1. The lowest BCUT2D eigenvalue weighted by molar-refractivity contribution is -0.274. The SMILES string of the molecule is O=C(NC1C2CC3CC(C2)CC1C3)C1CN(Cc2ccc(OC(F)(F)F)cc2)CCO1. The molecule has 1 aromatic rings. The third kappa shape index (κ3) is 4.85. The predicted octanol–water partition coefficient (Wildman–Crippen LogP) is 3.73. The number of alkyl halides is 3. The molecule has 1 heterocycles. The van der Waals surface area contributed by atoms with Crippen LogP contribution >= 0.6 is 0 Å². The Bertz CT molecular complexity index is 770. The summed E-state index contributed by atoms with van der Waals surface area (Å²) >= 11 is 0. The molecule has 6 rings (SSSR count). The van der Waals surface area contributed by atoms with Gasteiger partial charge in [0.1, 0.15) is 11.9 Å². The van der Waals surface area contributed by atoms with Gasteiger partial charge in [-0.1, -0.05) is 12.1 Å². The van der Waals surface area contributed by atoms with Gasteiger partial charge in [-0.2, -0.15) is 0 Å². The zero-order valence-electron chi connectivity index (χ0n) is 17.4. The van der Waals surface area contributed by atoms with E-state index in [1.54, 1.807) is 12.1 Å². The molecule has 0 aromatic heterocycles. The molecule has 8 heteroatoms. The van der Waals surface area contributed by atoms with Crippen LogP contribution < -0.4 is 10.1 Å². The number of nitrogens with zero attached hydrogens (tertiary/aromatic N) is 1. The van der Waals surface area contributed by atoms with E-state index in [-0.39, 0.29) is 11.7 Å². The summed E-state index contributed by atoms with van der Waals surface area (Å²) in [7, 11) is 0. The van der Waals surface area contributed by atoms with Gasteiger partial charge >= 0.3 is 6.36 Å². The number of ether oxygens (including phenoxy) is 2. The van der Waals surface area contributed by atoms with Crippen LogP contribution in [-0.2, 0) is 16.1 Å². The van der Waals surface area contributed by atoms with Crippen LogP contribution in [0.15, 0.2) is 24.3 Å². The van der Waals surface area contributed by atoms with Crippen molar-refractivity contribution in [2.24, 2.45) is 23.7 Å². The average Bonchev–Trinajstić information content (AvgIpc) is 2.71. The molecular weight excluding hydrogens is 409 g/mol. The molecule has 31 heavy (non-hydrogen) atoms. The highest BCUT2D eigenvalue weighted by atomic mass is 19.4. The van der Waals surface area contributed by atoms with Gasteiger partial charge in [-0.3, -0.25) is 9.69 Å². The Kier molecular flexibility index (Phi) is 5.63. The molecule has 4 bridgehead atoms. The van der Waals surface area contributed by atoms with Crippen molar-refractivity contribution < 1.29 is 27.4 Å². The van der Waals surface area contributed by atoms with Crippen LogP contribution in [0.2, 0.25) is 0 Å². The van der Waals surface area contributed by atoms with Gasteiger partial charge in [0, 0.05) is 25.7 Å². The second-order valence-electron chi connectivity index (χ2n) is 9.75. The van der Waals surface area contributed by atoms with Crippen molar-refractivity contribution in [3.05, 3.63) is 29.8 Å². The second kappa shape index (κ2) is 8.28. The number of carbonyl (C=O) groups is 1. The Labute approximate surface area is 180 Å². The minimum absolute atomic E-state index is 0.0175. The number of hydrogen-bond acceptors (Lipinski definition) is 4. The first-order chi connectivity index (χ1) is 14.8. The molecule has 4 saturated carbocycles. The first kappa shape index (κ1) is 21.1. The Balaban J connectivity index is 1.15. The van der Waals surface area contributed by atoms with Gasteiger partial charge in [-0.15, -0.1) is 13.2 Å². The summed E-state index contributed by atoms with van der Waals surface area (Å²) in [6.45, 7) is 2.19. The fraction of sp³-hybridized carbons (Fsp3) is 0.696. The van der Waals surface area contributed by atoms with Crippen LogP contribution in [0.3, 0.4) is 0 Å². The summed E-state index contributed by atoms with van der Waals surface area (Å²) < 4.78 is 46.6. The molecule has 4 aliphatic carbocycles. The predicted molar refractivity (Wildman–Crippen MR) is 107 cm³/mol. The third-order valence-electron chi connectivity index (χ3n) is 7.54. The van der Waals surface area contributed by atoms with Crippen molar-refractivity contribution in [2.45, 2.75) is 57.2 Å². The molecule has 1 N–H and O–H groups in total. The topological polar surface area (TPSA) is 50.8 Å². The van der Waals surface area contributed by atoms with Crippen LogP contribution in [0.25, 0.3) is 0 Å². The Morgan fingerprint density at radius 2 is 1.71 bits per heavy atom. The standard InChI is InChI=1S/C23H29F3N2O3/c24-23(25,26)31-19-3-1-14(2-4-19)12-28-5-6-30-20(13-28)22(29)27-21-17-8-15-7-16(10-17)11-18(21)9-15/h1-4,15-18,20-21H,5-13H2,(H,27,29). The fourth-order valence-electron chi connectivity index (χ4n) is 6.48. The van der Waals surface area contributed by atoms with E-state index in [1.807, 2.05) is 0 Å². The molecule has 5 fully saturated rings. The molecule has 0 radical (unpaired) electrons. The summed E-state index contributed by atoms with van der Waals surface area (Å²) in [6, 6.07) is 6.18. The van der Waals surface area contributed by atoms with E-state index in [1.165, 1.54) is 44.2 Å². The van der Waals surface area contributed by atoms with Gasteiger partial charge in [0.15, 0.2) is 0 Å². The highest BCUT2D eigenvalue weighted by Gasteiger charge is 2.49. The van der Waals surface area contributed by atoms with Crippen molar-refractivity contribution in [3.8, 4) is 5.75 Å². The van der Waals surface area contributed by atoms with Gasteiger partial charge in [0.2, 0.25) is 0 Å². The van der Waals surface area contributed by atoms with E-state index >= 15 is 0 Å². The minimum Gasteiger partial charge on any atom is -0.406 e. The van der Waals surface area contributed by atoms with Crippen LogP contribution in [0.1, 0.15) is 37.7 Å². The summed E-state index contributed by atoms with van der Waals surface area (Å²) in [4.78, 5) is 15.1. The van der Waals surface area contributed by atoms with Crippen molar-refractivity contribution in [1.82, 2.24) is 10.2 Å². The number of amides is 1. The van der Waals surface area contributed by atoms with E-state index in [9.17, 15) is 18.0 Å². The maximum atomic E-state index is 13.0. The van der Waals surface area contributed by atoms with Gasteiger partial charge in [0.05, 0.1) is 6.61 Å². The summed E-state index contributed by atoms with van der Waals surface area (Å²) in [5.41, 5.74) is 0.872. The summed E-state index contributed by atoms with van der Waals surface area (Å²) in [5.74, 6) is 2.73. The molecule has 1 atom stereocenters. The summed E-state index contributed by atoms with van der Waals surface area (Å²) in [5, 5.41) is 3.33. The zero-order chi connectivity index (χ0) is 21.6. The normalized spacial score (nSPS) is 35.2. The van der Waals surface area contributed by atoms with Crippen molar-refractivity contribution in [3.63, 3.8) is 0 Å². The lowest BCUT2D eigenvalue weighted by Gasteiger charge is -2.54. The first-order valence-electron chi connectivity index (χ1n) is 11.3. The van der Waals surface area contributed by atoms with Crippen LogP contribution in [0.4, 0.5) is 13.2 Å². The van der Waals surface area contributed by atoms with Gasteiger partial charge < -0.3 is 14.8 Å². The van der Waals surface area contributed by atoms with Crippen molar-refractivity contribution in [1.29, 1.82) is 0 Å². The number of halogens is 3. The quantitative estimate of drug-likeness (QED) is 0.761. The Hall–Kier alpha value is -1.80. The van der Waals surface area contributed by atoms with Crippen LogP contribution in [0.5, 0.6) is 5.75 Å². The molecule has 1 saturated heterocycles. The van der Waals surface area contributed by atoms with Gasteiger partial charge in [0.25, 0.3) is 5.91 Å². The highest BCUT2D eigenvalue weighted by molar-refractivity contribution is 5.81. The van der Waals surface area contributed by atoms with Crippen LogP contribution in [-0.4, -0.2) is 49.0 Å². The number of rotatable bonds is 5. The number of benzene rings is 1. The first-order valence-corrected chi connectivity index (χ1v) is 11.3. The molecule has 170 valence electrons. The lowest BCUT2D eigenvalue weighted by Crippen LogP contribution is -2.59. The Morgan fingerprint density at radius 3 is 2.32 bits per heavy atom. The zero-order valence-corrected chi connectivity index (χ0v) is 17.4. The molecule has 5 aliphatic rings. The molecule has 1 aromatic carbocycles. The Morgan fingerprint density at radius 1 is 1.06 bits per heavy atom. The molecule has 5 nitrogen and oxygen atoms in total. The van der Waals surface area contributed by atoms with E-state index in [2.05, 4.69) is 15.0 Å². The van der Waals surface area contributed by atoms with Crippen molar-refractivity contribution >= 4 is 5.91 Å². The second-order valence-corrected chi connectivity index (χ2v) is 9.75. The third-order valence-corrected chi connectivity index (χ3v) is 7.54. The smallest absolute Gasteiger partial charge is 0.406 e. The monoisotopic (exact) mass is 438 g/mol. The van der Waals surface area contributed by atoms with E-state index in [4.69, 9.17) is 4.74 Å². The maximum absolute atomic E-state index is 13.0. The number of morpholine rings is 1. The minimum atomic E-state index is -4.69. The lowest BCUT2D eigenvalue weighted by atomic mass is 9.54. The van der Waals surface area contributed by atoms with Crippen molar-refractivity contribution in [2.75, 3.05) is 19.7 Å². The number of nitrogens with one attached hydrogen (secondary N) is 1. The van der Waals surface area contributed by atoms with E-state index in [0.717, 1.165) is 17.4 Å². The number of carbonyl (C=O) groups excluding carboxylic acids is 1. The maximum Gasteiger partial charge on any atom is 0.573 e. The van der Waals surface area contributed by atoms with E-state index in [0.29, 0.717) is 44.1 Å². The summed E-state index contributed by atoms with van der Waals surface area (Å²) in [6.07, 6.45) is 1.21. The van der Waals surface area contributed by atoms with Crippen LogP contribution in [0, 0.1) is 23.7 Å². The average molecular weight is 438 g/mol. The van der Waals surface area contributed by atoms with Gasteiger partial charge in [-0.05, 0) is 73.5 Å².